The molecule has 0 rings (SSSR count). The Hall–Kier alpha value is -1.26. The molecule has 0 unspecified atom stereocenters. The highest BCUT2D eigenvalue weighted by Crippen LogP contribution is 1.80. The summed E-state index contributed by atoms with van der Waals surface area (Å²) in [5.74, 6) is -0.949. The van der Waals surface area contributed by atoms with Gasteiger partial charge in [-0.25, -0.2) is 0 Å². The third kappa shape index (κ3) is 2.95. The molecule has 0 heterocycles. The fourth-order valence-corrected chi connectivity index (χ4v) is 0.139. The third-order valence-electron chi connectivity index (χ3n) is 0.412. The summed E-state index contributed by atoms with van der Waals surface area (Å²) in [6.45, 7) is 0. The Morgan fingerprint density at radius 1 is 1.88 bits per heavy atom. The molecule has 0 aromatic heterocycles. The summed E-state index contributed by atoms with van der Waals surface area (Å²) < 4.78 is 3.92. The van der Waals surface area contributed by atoms with Gasteiger partial charge in [-0.2, -0.15) is 0 Å². The van der Waals surface area contributed by atoms with Crippen molar-refractivity contribution in [3.63, 3.8) is 0 Å². The molecule has 5 heteroatoms. The molecule has 46 valence electrons. The minimum Gasteiger partial charge on any atom is -0.612 e. The zero-order valence-electron chi connectivity index (χ0n) is 4.16. The van der Waals surface area contributed by atoms with E-state index >= 15 is 0 Å². The van der Waals surface area contributed by atoms with E-state index in [0.717, 1.165) is 7.11 Å². The quantitative estimate of drug-likeness (QED) is 0.266. The number of ether oxygens (including phenoxy) is 1. The van der Waals surface area contributed by atoms with Gasteiger partial charge in [-0.15, -0.1) is 0 Å². The van der Waals surface area contributed by atoms with Crippen LogP contribution in [0.2, 0.25) is 0 Å². The van der Waals surface area contributed by atoms with Crippen LogP contribution in [0.4, 0.5) is 0 Å². The number of methoxy groups -OCH3 is 1. The zero-order chi connectivity index (χ0) is 6.57. The van der Waals surface area contributed by atoms with Gasteiger partial charge in [0.1, 0.15) is 5.95 Å². The Morgan fingerprint density at radius 3 is 2.50 bits per heavy atom. The average Bonchev–Trinajstić information content (AvgIpc) is 1.65. The average molecular weight is 118 g/mol. The topological polar surface area (TPSA) is 75.4 Å². The van der Waals surface area contributed by atoms with Crippen molar-refractivity contribution in [2.24, 2.45) is 0 Å². The second-order valence-electron chi connectivity index (χ2n) is 0.938. The van der Waals surface area contributed by atoms with Crippen molar-refractivity contribution in [1.82, 2.24) is 0 Å². The summed E-state index contributed by atoms with van der Waals surface area (Å²) in [7, 11) is 1.07. The Bertz CT molecular complexity index is 118. The summed E-state index contributed by atoms with van der Waals surface area (Å²) >= 11 is 0. The van der Waals surface area contributed by atoms with E-state index in [1.54, 1.807) is 0 Å². The smallest absolute Gasteiger partial charge is 0.256 e. The minimum atomic E-state index is -0.949. The van der Waals surface area contributed by atoms with Crippen molar-refractivity contribution in [2.75, 3.05) is 7.11 Å². The van der Waals surface area contributed by atoms with E-state index in [9.17, 15) is 15.2 Å². The van der Waals surface area contributed by atoms with E-state index in [-0.39, 0.29) is 6.20 Å². The molecule has 5 nitrogen and oxygen atoms in total. The molecule has 0 saturated carbocycles. The SMILES string of the molecule is CO/C([O-])=C/[N+](=O)[O-]. The van der Waals surface area contributed by atoms with Crippen molar-refractivity contribution in [2.45, 2.75) is 0 Å². The molecule has 0 aromatic carbocycles. The number of hydrogen-bond donors (Lipinski definition) is 0. The maximum atomic E-state index is 9.90. The maximum absolute atomic E-state index is 9.90. The summed E-state index contributed by atoms with van der Waals surface area (Å²) in [5.41, 5.74) is 0. The number of hydrogen-bond acceptors (Lipinski definition) is 4. The lowest BCUT2D eigenvalue weighted by Gasteiger charge is -2.01. The highest BCUT2D eigenvalue weighted by molar-refractivity contribution is 4.66. The van der Waals surface area contributed by atoms with Gasteiger partial charge in [0.2, 0.25) is 0 Å². The summed E-state index contributed by atoms with van der Waals surface area (Å²) in [5, 5.41) is 19.3. The number of nitro groups is 1. The predicted octanol–water partition coefficient (Wildman–Crippen LogP) is -0.931. The molecule has 0 bridgehead atoms. The molecule has 0 spiro atoms. The molecule has 0 radical (unpaired) electrons. The lowest BCUT2D eigenvalue weighted by Crippen LogP contribution is -2.07. The van der Waals surface area contributed by atoms with Crippen LogP contribution in [-0.4, -0.2) is 12.0 Å². The Balaban J connectivity index is 3.75. The van der Waals surface area contributed by atoms with Crippen LogP contribution in [0.1, 0.15) is 0 Å². The zero-order valence-corrected chi connectivity index (χ0v) is 4.16. The van der Waals surface area contributed by atoms with Gasteiger partial charge in [-0.1, -0.05) is 0 Å². The molecular formula is C3H4NO4-. The molecule has 0 atom stereocenters. The second kappa shape index (κ2) is 2.84. The van der Waals surface area contributed by atoms with E-state index in [0.29, 0.717) is 0 Å². The van der Waals surface area contributed by atoms with Crippen molar-refractivity contribution in [3.05, 3.63) is 22.3 Å². The lowest BCUT2D eigenvalue weighted by molar-refractivity contribution is -0.434. The van der Waals surface area contributed by atoms with Gasteiger partial charge < -0.3 is 9.84 Å². The van der Waals surface area contributed by atoms with Crippen LogP contribution in [0.5, 0.6) is 0 Å². The van der Waals surface area contributed by atoms with Crippen LogP contribution >= 0.6 is 0 Å². The highest BCUT2D eigenvalue weighted by Gasteiger charge is 1.84. The van der Waals surface area contributed by atoms with Crippen LogP contribution in [-0.2, 0) is 4.74 Å². The highest BCUT2D eigenvalue weighted by atomic mass is 16.6. The van der Waals surface area contributed by atoms with E-state index in [1.807, 2.05) is 0 Å². The van der Waals surface area contributed by atoms with Gasteiger partial charge in [0.15, 0.2) is 0 Å². The minimum absolute atomic E-state index is 0.250. The molecule has 0 fully saturated rings. The fraction of sp³-hybridized carbons (Fsp3) is 0.333. The lowest BCUT2D eigenvalue weighted by atomic mass is 10.9. The molecule has 0 aliphatic rings. The second-order valence-corrected chi connectivity index (χ2v) is 0.938. The fourth-order valence-electron chi connectivity index (χ4n) is 0.139. The number of rotatable bonds is 2. The summed E-state index contributed by atoms with van der Waals surface area (Å²) in [6.07, 6.45) is 0.250. The van der Waals surface area contributed by atoms with E-state index in [2.05, 4.69) is 4.74 Å². The van der Waals surface area contributed by atoms with Crippen molar-refractivity contribution in [3.8, 4) is 0 Å². The van der Waals surface area contributed by atoms with Crippen LogP contribution in [0.15, 0.2) is 12.1 Å². The molecule has 0 aliphatic carbocycles. The first-order valence-electron chi connectivity index (χ1n) is 1.73. The van der Waals surface area contributed by atoms with Gasteiger partial charge in [0.25, 0.3) is 6.20 Å². The van der Waals surface area contributed by atoms with Gasteiger partial charge in [0.05, 0.1) is 4.92 Å². The monoisotopic (exact) mass is 118 g/mol. The normalized spacial score (nSPS) is 10.9. The molecule has 0 aliphatic heterocycles. The first-order chi connectivity index (χ1) is 3.66. The summed E-state index contributed by atoms with van der Waals surface area (Å²) in [4.78, 5) is 8.55. The van der Waals surface area contributed by atoms with Gasteiger partial charge >= 0.3 is 0 Å². The Labute approximate surface area is 45.3 Å². The molecule has 0 aromatic rings. The van der Waals surface area contributed by atoms with Crippen LogP contribution in [0.3, 0.4) is 0 Å². The molecule has 0 amide bonds. The summed E-state index contributed by atoms with van der Waals surface area (Å²) in [6, 6.07) is 0. The van der Waals surface area contributed by atoms with Crippen molar-refractivity contribution < 1.29 is 14.8 Å². The van der Waals surface area contributed by atoms with E-state index in [1.165, 1.54) is 0 Å². The van der Waals surface area contributed by atoms with E-state index in [4.69, 9.17) is 0 Å². The van der Waals surface area contributed by atoms with Gasteiger partial charge in [-0.3, -0.25) is 10.1 Å². The van der Waals surface area contributed by atoms with Gasteiger partial charge in [-0.05, 0) is 7.11 Å². The first kappa shape index (κ1) is 6.74. The maximum Gasteiger partial charge on any atom is 0.256 e. The van der Waals surface area contributed by atoms with Crippen LogP contribution < -0.4 is 5.11 Å². The van der Waals surface area contributed by atoms with Crippen LogP contribution in [0.25, 0.3) is 0 Å². The largest absolute Gasteiger partial charge is 0.612 e. The Morgan fingerprint density at radius 2 is 2.38 bits per heavy atom. The first-order valence-corrected chi connectivity index (χ1v) is 1.73. The molecule has 8 heavy (non-hydrogen) atoms. The Kier molecular flexibility index (Phi) is 2.39. The molecule has 0 saturated heterocycles. The molecular weight excluding hydrogens is 114 g/mol. The van der Waals surface area contributed by atoms with Crippen molar-refractivity contribution >= 4 is 0 Å². The standard InChI is InChI=1S/C3H5NO4/c1-8-3(5)2-4(6)7/h2,5H,1H3/p-1/b3-2+. The third-order valence-corrected chi connectivity index (χ3v) is 0.412. The van der Waals surface area contributed by atoms with Crippen molar-refractivity contribution in [1.29, 1.82) is 0 Å². The van der Waals surface area contributed by atoms with E-state index < -0.39 is 10.9 Å². The number of nitrogens with zero attached hydrogens (tertiary/aromatic N) is 1. The molecule has 0 N–H and O–H groups in total. The van der Waals surface area contributed by atoms with Crippen LogP contribution in [0, 0.1) is 10.1 Å². The predicted molar refractivity (Wildman–Crippen MR) is 22.1 cm³/mol. The van der Waals surface area contributed by atoms with Gasteiger partial charge in [0, 0.05) is 0 Å².